The molecule has 0 aliphatic rings. The molecule has 0 amide bonds. The van der Waals surface area contributed by atoms with E-state index >= 15 is 0 Å². The molecular formula is H2O9S2Sr2. The normalized spacial score (nSPS) is 8.92. The maximum atomic E-state index is 8.52. The minimum absolute atomic E-state index is 0. The molecule has 9 nitrogen and oxygen atoms in total. The van der Waals surface area contributed by atoms with Crippen LogP contribution in [0.3, 0.4) is 0 Å². The largest absolute Gasteiger partial charge is 2.00 e. The van der Waals surface area contributed by atoms with Gasteiger partial charge in [-0.25, -0.2) is 0 Å². The SMILES string of the molecule is O.O=S(=O)([O-])[O-].O=S(=O)([O-])[O-].[Sr+2].[Sr+2]. The fraction of sp³-hybridized carbons (Fsp3) is 0. The molecule has 0 unspecified atom stereocenters. The van der Waals surface area contributed by atoms with Gasteiger partial charge in [-0.05, 0) is 0 Å². The van der Waals surface area contributed by atoms with E-state index in [2.05, 4.69) is 0 Å². The van der Waals surface area contributed by atoms with E-state index in [0.29, 0.717) is 0 Å². The number of hydrogen-bond acceptors (Lipinski definition) is 8. The molecule has 0 saturated heterocycles. The summed E-state index contributed by atoms with van der Waals surface area (Å²) in [4.78, 5) is 0. The standard InChI is InChI=1S/2H2O4S.H2O.2Sr/c2*1-5(2,3)4;;;/h2*(H2,1,2,3,4);1H2;;/q;;;2*+2/p-4. The summed E-state index contributed by atoms with van der Waals surface area (Å²) in [5, 5.41) is 0. The van der Waals surface area contributed by atoms with Crippen molar-refractivity contribution >= 4 is 112 Å². The van der Waals surface area contributed by atoms with Gasteiger partial charge in [-0.15, -0.1) is 0 Å². The quantitative estimate of drug-likeness (QED) is 0.227. The molecule has 13 heavy (non-hydrogen) atoms. The molecule has 2 N–H and O–H groups in total. The molecular weight excluding hydrogens is 383 g/mol. The van der Waals surface area contributed by atoms with E-state index in [1.165, 1.54) is 0 Å². The number of hydrogen-bond donors (Lipinski definition) is 0. The van der Waals surface area contributed by atoms with Crippen molar-refractivity contribution in [1.29, 1.82) is 0 Å². The molecule has 0 radical (unpaired) electrons. The Morgan fingerprint density at radius 1 is 0.615 bits per heavy atom. The molecule has 0 aliphatic carbocycles. The molecule has 0 atom stereocenters. The second-order valence-corrected chi connectivity index (χ2v) is 2.45. The minimum Gasteiger partial charge on any atom is -0.759 e. The Morgan fingerprint density at radius 3 is 0.615 bits per heavy atom. The third-order valence-corrected chi connectivity index (χ3v) is 0. The van der Waals surface area contributed by atoms with Crippen molar-refractivity contribution in [2.24, 2.45) is 0 Å². The molecule has 0 aromatic rings. The van der Waals surface area contributed by atoms with Crippen molar-refractivity contribution in [2.75, 3.05) is 0 Å². The van der Waals surface area contributed by atoms with Crippen molar-refractivity contribution in [1.82, 2.24) is 0 Å². The van der Waals surface area contributed by atoms with Crippen molar-refractivity contribution in [3.63, 3.8) is 0 Å². The Labute approximate surface area is 149 Å². The number of rotatable bonds is 0. The molecule has 72 valence electrons. The second-order valence-electron chi connectivity index (χ2n) is 0.816. The van der Waals surface area contributed by atoms with E-state index in [-0.39, 0.29) is 96.4 Å². The molecule has 0 heterocycles. The zero-order valence-electron chi connectivity index (χ0n) is 6.00. The van der Waals surface area contributed by atoms with Gasteiger partial charge in [0.05, 0.1) is 0 Å². The third kappa shape index (κ3) is 332. The summed E-state index contributed by atoms with van der Waals surface area (Å²) in [6, 6.07) is 0. The Balaban J connectivity index is -0.0000000267. The van der Waals surface area contributed by atoms with Gasteiger partial charge in [0.25, 0.3) is 0 Å². The van der Waals surface area contributed by atoms with Crippen LogP contribution >= 0.6 is 0 Å². The van der Waals surface area contributed by atoms with Crippen LogP contribution in [0, 0.1) is 0 Å². The third-order valence-electron chi connectivity index (χ3n) is 0. The molecule has 0 saturated carbocycles. The minimum atomic E-state index is -5.17. The molecule has 0 aromatic heterocycles. The van der Waals surface area contributed by atoms with Gasteiger partial charge in [-0.3, -0.25) is 16.8 Å². The Kier molecular flexibility index (Phi) is 29.0. The first-order valence-electron chi connectivity index (χ1n) is 1.33. The smallest absolute Gasteiger partial charge is 0.759 e. The zero-order valence-corrected chi connectivity index (χ0v) is 14.6. The summed E-state index contributed by atoms with van der Waals surface area (Å²) in [6.45, 7) is 0. The average molecular weight is 385 g/mol. The molecule has 0 fully saturated rings. The van der Waals surface area contributed by atoms with Gasteiger partial charge >= 0.3 is 91.0 Å². The van der Waals surface area contributed by atoms with Gasteiger partial charge in [0, 0.05) is 20.8 Å². The maximum absolute atomic E-state index is 8.52. The van der Waals surface area contributed by atoms with E-state index in [0.717, 1.165) is 0 Å². The molecule has 0 aromatic carbocycles. The van der Waals surface area contributed by atoms with E-state index in [4.69, 9.17) is 35.0 Å². The monoisotopic (exact) mass is 386 g/mol. The summed E-state index contributed by atoms with van der Waals surface area (Å²) in [7, 11) is -10.3. The Bertz CT molecular complexity index is 212. The van der Waals surface area contributed by atoms with Crippen LogP contribution in [0.15, 0.2) is 0 Å². The summed E-state index contributed by atoms with van der Waals surface area (Å²) < 4.78 is 68.2. The van der Waals surface area contributed by atoms with E-state index in [9.17, 15) is 0 Å². The predicted octanol–water partition coefficient (Wildman–Crippen LogP) is -4.26. The van der Waals surface area contributed by atoms with Gasteiger partial charge in [-0.1, -0.05) is 0 Å². The fourth-order valence-corrected chi connectivity index (χ4v) is 0. The average Bonchev–Trinajstić information content (AvgIpc) is 1.12. The van der Waals surface area contributed by atoms with Gasteiger partial charge < -0.3 is 23.7 Å². The first-order valence-corrected chi connectivity index (χ1v) is 4.00. The topological polar surface area (TPSA) is 192 Å². The van der Waals surface area contributed by atoms with Gasteiger partial charge in [0.1, 0.15) is 0 Å². The fourth-order valence-electron chi connectivity index (χ4n) is 0. The van der Waals surface area contributed by atoms with E-state index in [1.807, 2.05) is 0 Å². The predicted molar refractivity (Wildman–Crippen MR) is 36.1 cm³/mol. The first kappa shape index (κ1) is 29.6. The Morgan fingerprint density at radius 2 is 0.615 bits per heavy atom. The van der Waals surface area contributed by atoms with Gasteiger partial charge in [0.2, 0.25) is 0 Å². The van der Waals surface area contributed by atoms with Crippen LogP contribution in [-0.4, -0.2) is 131 Å². The molecule has 0 aliphatic heterocycles. The molecule has 13 heteroatoms. The van der Waals surface area contributed by atoms with Crippen LogP contribution in [0.4, 0.5) is 0 Å². The molecule has 0 rings (SSSR count). The summed E-state index contributed by atoms with van der Waals surface area (Å²) >= 11 is 0. The van der Waals surface area contributed by atoms with Crippen LogP contribution in [0.1, 0.15) is 0 Å². The van der Waals surface area contributed by atoms with Crippen LogP contribution in [-0.2, 0) is 20.8 Å². The van der Waals surface area contributed by atoms with Crippen molar-refractivity contribution < 1.29 is 40.5 Å². The van der Waals surface area contributed by atoms with Crippen molar-refractivity contribution in [2.45, 2.75) is 0 Å². The van der Waals surface area contributed by atoms with E-state index in [1.54, 1.807) is 0 Å². The van der Waals surface area contributed by atoms with Gasteiger partial charge in [0.15, 0.2) is 0 Å². The zero-order chi connectivity index (χ0) is 9.00. The second kappa shape index (κ2) is 12.7. The summed E-state index contributed by atoms with van der Waals surface area (Å²) in [5.41, 5.74) is 0. The summed E-state index contributed by atoms with van der Waals surface area (Å²) in [6.07, 6.45) is 0. The molecule has 0 bridgehead atoms. The van der Waals surface area contributed by atoms with Crippen molar-refractivity contribution in [3.8, 4) is 0 Å². The van der Waals surface area contributed by atoms with E-state index < -0.39 is 20.8 Å². The van der Waals surface area contributed by atoms with Gasteiger partial charge in [-0.2, -0.15) is 0 Å². The Hall–Kier alpha value is 2.66. The maximum Gasteiger partial charge on any atom is 2.00 e. The van der Waals surface area contributed by atoms with Crippen LogP contribution < -0.4 is 0 Å². The van der Waals surface area contributed by atoms with Crippen LogP contribution in [0.25, 0.3) is 0 Å². The van der Waals surface area contributed by atoms with Crippen molar-refractivity contribution in [3.05, 3.63) is 0 Å². The van der Waals surface area contributed by atoms with Crippen LogP contribution in [0.5, 0.6) is 0 Å². The first-order chi connectivity index (χ1) is 4.00. The molecule has 0 spiro atoms. The van der Waals surface area contributed by atoms with Crippen LogP contribution in [0.2, 0.25) is 0 Å². The summed E-state index contributed by atoms with van der Waals surface area (Å²) in [5.74, 6) is 0.